The molecule has 0 fully saturated rings. The number of thioether (sulfide) groups is 1. The Hall–Kier alpha value is -3.13. The van der Waals surface area contributed by atoms with Crippen molar-refractivity contribution in [3.63, 3.8) is 0 Å². The maximum absolute atomic E-state index is 12.9. The molecular formula is C26H33N5O2S. The van der Waals surface area contributed by atoms with Crippen molar-refractivity contribution in [3.8, 4) is 0 Å². The molecule has 0 bridgehead atoms. The number of benzene rings is 2. The summed E-state index contributed by atoms with van der Waals surface area (Å²) in [5.74, 6) is 0.767. The van der Waals surface area contributed by atoms with Crippen LogP contribution in [-0.2, 0) is 11.3 Å². The molecule has 0 spiro atoms. The summed E-state index contributed by atoms with van der Waals surface area (Å²) >= 11 is 1.34. The summed E-state index contributed by atoms with van der Waals surface area (Å²) in [6.45, 7) is 12.7. The minimum Gasteiger partial charge on any atom is -0.342 e. The lowest BCUT2D eigenvalue weighted by atomic mass is 10.0. The van der Waals surface area contributed by atoms with Crippen LogP contribution in [0.4, 0.5) is 5.69 Å². The molecule has 0 radical (unpaired) electrons. The normalized spacial score (nSPS) is 12.0. The molecular weight excluding hydrogens is 446 g/mol. The van der Waals surface area contributed by atoms with Crippen molar-refractivity contribution in [2.45, 2.75) is 59.3 Å². The minimum absolute atomic E-state index is 0.0982. The average Bonchev–Trinajstić information content (AvgIpc) is 3.21. The van der Waals surface area contributed by atoms with Crippen LogP contribution in [0.25, 0.3) is 0 Å². The van der Waals surface area contributed by atoms with Crippen molar-refractivity contribution < 1.29 is 9.59 Å². The maximum Gasteiger partial charge on any atom is 0.251 e. The van der Waals surface area contributed by atoms with Gasteiger partial charge in [0.05, 0.1) is 11.8 Å². The van der Waals surface area contributed by atoms with Crippen molar-refractivity contribution in [1.29, 1.82) is 0 Å². The monoisotopic (exact) mass is 479 g/mol. The number of hydrogen-bond donors (Lipinski definition) is 2. The first-order valence-corrected chi connectivity index (χ1v) is 12.5. The molecule has 2 amide bonds. The molecule has 0 aliphatic carbocycles. The van der Waals surface area contributed by atoms with Gasteiger partial charge in [0.25, 0.3) is 5.91 Å². The van der Waals surface area contributed by atoms with Crippen LogP contribution in [0.3, 0.4) is 0 Å². The quantitative estimate of drug-likeness (QED) is 0.418. The number of anilines is 1. The second-order valence-electron chi connectivity index (χ2n) is 8.80. The van der Waals surface area contributed by atoms with Crippen molar-refractivity contribution in [3.05, 3.63) is 70.5 Å². The molecule has 7 nitrogen and oxygen atoms in total. The highest BCUT2D eigenvalue weighted by atomic mass is 32.2. The van der Waals surface area contributed by atoms with Gasteiger partial charge in [-0.25, -0.2) is 0 Å². The van der Waals surface area contributed by atoms with Gasteiger partial charge in [-0.15, -0.1) is 10.2 Å². The fourth-order valence-electron chi connectivity index (χ4n) is 3.58. The number of hydrogen-bond acceptors (Lipinski definition) is 5. The zero-order chi connectivity index (χ0) is 24.8. The van der Waals surface area contributed by atoms with Gasteiger partial charge in [0.15, 0.2) is 11.0 Å². The van der Waals surface area contributed by atoms with E-state index in [2.05, 4.69) is 20.8 Å². The summed E-state index contributed by atoms with van der Waals surface area (Å²) in [6, 6.07) is 13.2. The molecule has 0 saturated heterocycles. The molecule has 2 aromatic carbocycles. The highest BCUT2D eigenvalue weighted by Crippen LogP contribution is 2.26. The summed E-state index contributed by atoms with van der Waals surface area (Å²) in [4.78, 5) is 25.4. The van der Waals surface area contributed by atoms with Gasteiger partial charge in [0.1, 0.15) is 0 Å². The molecule has 1 unspecified atom stereocenters. The number of rotatable bonds is 9. The number of amides is 2. The van der Waals surface area contributed by atoms with E-state index in [9.17, 15) is 9.59 Å². The van der Waals surface area contributed by atoms with Crippen molar-refractivity contribution in [2.24, 2.45) is 5.92 Å². The summed E-state index contributed by atoms with van der Waals surface area (Å²) in [7, 11) is 0. The molecule has 1 atom stereocenters. The highest BCUT2D eigenvalue weighted by molar-refractivity contribution is 7.99. The Bertz CT molecular complexity index is 1150. The molecule has 180 valence electrons. The van der Waals surface area contributed by atoms with Crippen LogP contribution < -0.4 is 10.6 Å². The van der Waals surface area contributed by atoms with E-state index >= 15 is 0 Å². The standard InChI is InChI=1S/C26H33N5O2S/c1-7-31-24(23(16(2)3)28-25(33)20-12-9-17(4)10-13-20)29-30-26(31)34-15-22(32)27-21-14-18(5)8-11-19(21)6/h8-14,16,23H,7,15H2,1-6H3,(H,27,32)(H,28,33). The van der Waals surface area contributed by atoms with E-state index in [1.165, 1.54) is 11.8 Å². The van der Waals surface area contributed by atoms with E-state index in [0.29, 0.717) is 23.1 Å². The van der Waals surface area contributed by atoms with Crippen LogP contribution in [0.5, 0.6) is 0 Å². The SMILES string of the molecule is CCn1c(SCC(=O)Nc2cc(C)ccc2C)nnc1C(NC(=O)c1ccc(C)cc1)C(C)C. The van der Waals surface area contributed by atoms with Gasteiger partial charge in [-0.2, -0.15) is 0 Å². The molecule has 3 rings (SSSR count). The highest BCUT2D eigenvalue weighted by Gasteiger charge is 2.26. The lowest BCUT2D eigenvalue weighted by Gasteiger charge is -2.22. The second-order valence-corrected chi connectivity index (χ2v) is 9.74. The van der Waals surface area contributed by atoms with Crippen molar-refractivity contribution in [2.75, 3.05) is 11.1 Å². The third kappa shape index (κ3) is 6.26. The third-order valence-corrected chi connectivity index (χ3v) is 6.57. The Kier molecular flexibility index (Phi) is 8.50. The smallest absolute Gasteiger partial charge is 0.251 e. The van der Waals surface area contributed by atoms with Crippen LogP contribution in [0, 0.1) is 26.7 Å². The average molecular weight is 480 g/mol. The van der Waals surface area contributed by atoms with E-state index < -0.39 is 0 Å². The first-order valence-electron chi connectivity index (χ1n) is 11.5. The lowest BCUT2D eigenvalue weighted by molar-refractivity contribution is -0.113. The van der Waals surface area contributed by atoms with Gasteiger partial charge in [0.2, 0.25) is 5.91 Å². The van der Waals surface area contributed by atoms with Crippen molar-refractivity contribution in [1.82, 2.24) is 20.1 Å². The summed E-state index contributed by atoms with van der Waals surface area (Å²) in [5, 5.41) is 15.5. The van der Waals surface area contributed by atoms with E-state index in [1.807, 2.05) is 88.6 Å². The molecule has 2 N–H and O–H groups in total. The molecule has 1 aromatic heterocycles. The van der Waals surface area contributed by atoms with Gasteiger partial charge >= 0.3 is 0 Å². The Morgan fingerprint density at radius 2 is 1.68 bits per heavy atom. The predicted molar refractivity (Wildman–Crippen MR) is 137 cm³/mol. The molecule has 0 saturated carbocycles. The summed E-state index contributed by atoms with van der Waals surface area (Å²) in [6.07, 6.45) is 0. The number of carbonyl (C=O) groups excluding carboxylic acids is 2. The summed E-state index contributed by atoms with van der Waals surface area (Å²) in [5.41, 5.74) is 4.65. The third-order valence-electron chi connectivity index (χ3n) is 5.61. The topological polar surface area (TPSA) is 88.9 Å². The van der Waals surface area contributed by atoms with Crippen LogP contribution in [-0.4, -0.2) is 32.3 Å². The first kappa shape index (κ1) is 25.5. The molecule has 3 aromatic rings. The van der Waals surface area contributed by atoms with Gasteiger partial charge in [-0.05, 0) is 62.9 Å². The Morgan fingerprint density at radius 3 is 2.32 bits per heavy atom. The molecule has 0 aliphatic rings. The van der Waals surface area contributed by atoms with Gasteiger partial charge in [0, 0.05) is 17.8 Å². The molecule has 0 aliphatic heterocycles. The number of nitrogens with one attached hydrogen (secondary N) is 2. The van der Waals surface area contributed by atoms with Crippen molar-refractivity contribution >= 4 is 29.3 Å². The first-order chi connectivity index (χ1) is 16.2. The van der Waals surface area contributed by atoms with Crippen LogP contribution in [0.15, 0.2) is 47.6 Å². The van der Waals surface area contributed by atoms with E-state index in [0.717, 1.165) is 22.4 Å². The Labute approximate surface area is 205 Å². The predicted octanol–water partition coefficient (Wildman–Crippen LogP) is 5.08. The Balaban J connectivity index is 1.72. The van der Waals surface area contributed by atoms with Gasteiger partial charge < -0.3 is 15.2 Å². The largest absolute Gasteiger partial charge is 0.342 e. The zero-order valence-electron chi connectivity index (χ0n) is 20.7. The van der Waals surface area contributed by atoms with E-state index in [-0.39, 0.29) is 29.5 Å². The van der Waals surface area contributed by atoms with Crippen LogP contribution in [0.1, 0.15) is 59.7 Å². The van der Waals surface area contributed by atoms with Crippen LogP contribution in [0.2, 0.25) is 0 Å². The lowest BCUT2D eigenvalue weighted by Crippen LogP contribution is -2.33. The number of carbonyl (C=O) groups is 2. The second kappa shape index (κ2) is 11.3. The van der Waals surface area contributed by atoms with Crippen LogP contribution >= 0.6 is 11.8 Å². The minimum atomic E-state index is -0.306. The van der Waals surface area contributed by atoms with E-state index in [4.69, 9.17) is 0 Å². The Morgan fingerprint density at radius 1 is 1.00 bits per heavy atom. The summed E-state index contributed by atoms with van der Waals surface area (Å²) < 4.78 is 1.97. The maximum atomic E-state index is 12.9. The zero-order valence-corrected chi connectivity index (χ0v) is 21.5. The van der Waals surface area contributed by atoms with Gasteiger partial charge in [-0.1, -0.05) is 55.4 Å². The molecule has 34 heavy (non-hydrogen) atoms. The number of nitrogens with zero attached hydrogens (tertiary/aromatic N) is 3. The fourth-order valence-corrected chi connectivity index (χ4v) is 4.39. The van der Waals surface area contributed by atoms with E-state index in [1.54, 1.807) is 0 Å². The van der Waals surface area contributed by atoms with Gasteiger partial charge in [-0.3, -0.25) is 9.59 Å². The number of aromatic nitrogens is 3. The fraction of sp³-hybridized carbons (Fsp3) is 0.385. The molecule has 8 heteroatoms. The molecule has 1 heterocycles. The number of aryl methyl sites for hydroxylation is 3.